The predicted molar refractivity (Wildman–Crippen MR) is 190 cm³/mol. The molecule has 0 unspecified atom stereocenters. The molecule has 5 aromatic carbocycles. The average Bonchev–Trinajstić information content (AvgIpc) is 3.59. The van der Waals surface area contributed by atoms with Crippen molar-refractivity contribution in [2.24, 2.45) is 0 Å². The van der Waals surface area contributed by atoms with Gasteiger partial charge in [0.1, 0.15) is 6.04 Å². The minimum absolute atomic E-state index is 0.0282. The van der Waals surface area contributed by atoms with Gasteiger partial charge in [0.25, 0.3) is 0 Å². The Morgan fingerprint density at radius 2 is 1.42 bits per heavy atom. The number of benzene rings is 5. The fourth-order valence-corrected chi connectivity index (χ4v) is 7.40. The third-order valence-corrected chi connectivity index (χ3v) is 10.2. The van der Waals surface area contributed by atoms with Gasteiger partial charge in [-0.15, -0.1) is 0 Å². The Hall–Kier alpha value is -4.99. The molecule has 1 aliphatic heterocycles. The summed E-state index contributed by atoms with van der Waals surface area (Å²) in [5, 5.41) is 8.19. The van der Waals surface area contributed by atoms with Crippen LogP contribution in [0, 0.1) is 0 Å². The fourth-order valence-electron chi connectivity index (χ4n) is 6.18. The monoisotopic (exact) mass is 660 g/mol. The maximum atomic E-state index is 14.1. The van der Waals surface area contributed by atoms with E-state index in [-0.39, 0.29) is 29.2 Å². The summed E-state index contributed by atoms with van der Waals surface area (Å²) in [6.07, 6.45) is 2.25. The molecule has 1 saturated heterocycles. The van der Waals surface area contributed by atoms with Crippen LogP contribution < -0.4 is 15.4 Å². The van der Waals surface area contributed by atoms with Crippen LogP contribution in [-0.4, -0.2) is 50.3 Å². The van der Waals surface area contributed by atoms with E-state index in [0.29, 0.717) is 26.1 Å². The third-order valence-electron chi connectivity index (χ3n) is 8.76. The normalized spacial score (nSPS) is 15.2. The highest BCUT2D eigenvalue weighted by Gasteiger charge is 2.35. The molecule has 2 amide bonds. The molecule has 2 atom stereocenters. The van der Waals surface area contributed by atoms with Crippen molar-refractivity contribution in [3.05, 3.63) is 144 Å². The van der Waals surface area contributed by atoms with Gasteiger partial charge >= 0.3 is 0 Å². The smallest absolute Gasteiger partial charge is 0.241 e. The van der Waals surface area contributed by atoms with Crippen molar-refractivity contribution in [2.75, 3.05) is 18.4 Å². The lowest BCUT2D eigenvalue weighted by Gasteiger charge is -2.30. The average molecular weight is 661 g/mol. The standard InChI is InChI=1S/C39H40N4O4S/c44-38(25-30-12-5-2-6-13-30)41-27-31-17-20-34(21-18-31)40-28-35-16-9-23-43(35)39(45)37(24-29-10-3-1-4-11-29)42-48(46,47)36-22-19-32-14-7-8-15-33(32)26-36/h1-8,10-15,17-22,26,35,37,40,42H,9,16,23-25,27-28H2,(H,41,44)/t35-,37+/m0/s1. The van der Waals surface area contributed by atoms with E-state index >= 15 is 0 Å². The lowest BCUT2D eigenvalue weighted by atomic mass is 10.1. The first-order valence-corrected chi connectivity index (χ1v) is 17.8. The third kappa shape index (κ3) is 8.48. The maximum absolute atomic E-state index is 14.1. The minimum atomic E-state index is -3.99. The molecule has 0 bridgehead atoms. The Balaban J connectivity index is 1.09. The summed E-state index contributed by atoms with van der Waals surface area (Å²) in [5.74, 6) is -0.256. The Morgan fingerprint density at radius 3 is 2.15 bits per heavy atom. The molecular formula is C39H40N4O4S. The second kappa shape index (κ2) is 15.3. The first-order chi connectivity index (χ1) is 23.3. The number of amides is 2. The van der Waals surface area contributed by atoms with Crippen molar-refractivity contribution in [1.29, 1.82) is 0 Å². The van der Waals surface area contributed by atoms with Gasteiger partial charge in [-0.1, -0.05) is 103 Å². The zero-order valence-electron chi connectivity index (χ0n) is 26.7. The molecule has 0 aliphatic carbocycles. The molecule has 246 valence electrons. The van der Waals surface area contributed by atoms with E-state index in [0.717, 1.165) is 46.0 Å². The number of rotatable bonds is 13. The molecule has 1 fully saturated rings. The van der Waals surface area contributed by atoms with E-state index in [1.165, 1.54) is 0 Å². The van der Waals surface area contributed by atoms with Crippen molar-refractivity contribution in [3.8, 4) is 0 Å². The number of hydrogen-bond donors (Lipinski definition) is 3. The number of carbonyl (C=O) groups is 2. The van der Waals surface area contributed by atoms with E-state index in [1.54, 1.807) is 18.2 Å². The molecule has 6 rings (SSSR count). The molecular weight excluding hydrogens is 621 g/mol. The maximum Gasteiger partial charge on any atom is 0.241 e. The Kier molecular flexibility index (Phi) is 10.5. The highest BCUT2D eigenvalue weighted by molar-refractivity contribution is 7.89. The molecule has 8 nitrogen and oxygen atoms in total. The lowest BCUT2D eigenvalue weighted by Crippen LogP contribution is -2.52. The highest BCUT2D eigenvalue weighted by Crippen LogP contribution is 2.23. The van der Waals surface area contributed by atoms with Gasteiger partial charge < -0.3 is 15.5 Å². The first-order valence-electron chi connectivity index (χ1n) is 16.3. The van der Waals surface area contributed by atoms with Crippen molar-refractivity contribution in [3.63, 3.8) is 0 Å². The molecule has 5 aromatic rings. The Bertz CT molecular complexity index is 1950. The van der Waals surface area contributed by atoms with Gasteiger partial charge in [0.2, 0.25) is 21.8 Å². The zero-order chi connectivity index (χ0) is 33.3. The van der Waals surface area contributed by atoms with Crippen LogP contribution in [0.1, 0.15) is 29.5 Å². The molecule has 3 N–H and O–H groups in total. The number of nitrogens with one attached hydrogen (secondary N) is 3. The molecule has 48 heavy (non-hydrogen) atoms. The van der Waals surface area contributed by atoms with E-state index in [4.69, 9.17) is 0 Å². The highest BCUT2D eigenvalue weighted by atomic mass is 32.2. The summed E-state index contributed by atoms with van der Waals surface area (Å²) in [6.45, 7) is 1.54. The van der Waals surface area contributed by atoms with Crippen molar-refractivity contribution >= 4 is 38.3 Å². The molecule has 1 aliphatic rings. The van der Waals surface area contributed by atoms with Gasteiger partial charge in [-0.2, -0.15) is 4.72 Å². The number of sulfonamides is 1. The van der Waals surface area contributed by atoms with E-state index in [1.807, 2.05) is 114 Å². The number of fused-ring (bicyclic) bond motifs is 1. The second-order valence-electron chi connectivity index (χ2n) is 12.2. The van der Waals surface area contributed by atoms with Gasteiger partial charge in [0.05, 0.1) is 11.3 Å². The zero-order valence-corrected chi connectivity index (χ0v) is 27.5. The summed E-state index contributed by atoms with van der Waals surface area (Å²) in [4.78, 5) is 28.4. The predicted octanol–water partition coefficient (Wildman–Crippen LogP) is 5.69. The molecule has 0 spiro atoms. The first kappa shape index (κ1) is 32.9. The lowest BCUT2D eigenvalue weighted by molar-refractivity contribution is -0.133. The molecule has 0 aromatic heterocycles. The van der Waals surface area contributed by atoms with Crippen molar-refractivity contribution in [1.82, 2.24) is 14.9 Å². The van der Waals surface area contributed by atoms with Crippen LogP contribution in [-0.2, 0) is 39.0 Å². The Labute approximate surface area is 282 Å². The topological polar surface area (TPSA) is 108 Å². The fraction of sp³-hybridized carbons (Fsp3) is 0.231. The van der Waals surface area contributed by atoms with Crippen molar-refractivity contribution in [2.45, 2.75) is 49.2 Å². The number of anilines is 1. The molecule has 9 heteroatoms. The molecule has 0 saturated carbocycles. The van der Waals surface area contributed by atoms with Crippen LogP contribution in [0.5, 0.6) is 0 Å². The van der Waals surface area contributed by atoms with Crippen LogP contribution in [0.25, 0.3) is 10.8 Å². The number of carbonyl (C=O) groups excluding carboxylic acids is 2. The summed E-state index contributed by atoms with van der Waals surface area (Å²) in [6, 6.07) is 38.6. The van der Waals surface area contributed by atoms with Gasteiger partial charge in [0, 0.05) is 31.4 Å². The van der Waals surface area contributed by atoms with E-state index in [9.17, 15) is 18.0 Å². The van der Waals surface area contributed by atoms with Crippen molar-refractivity contribution < 1.29 is 18.0 Å². The van der Waals surface area contributed by atoms with Crippen LogP contribution in [0.3, 0.4) is 0 Å². The number of likely N-dealkylation sites (tertiary alicyclic amines) is 1. The van der Waals surface area contributed by atoms with Gasteiger partial charge in [-0.3, -0.25) is 9.59 Å². The largest absolute Gasteiger partial charge is 0.383 e. The molecule has 0 radical (unpaired) electrons. The Morgan fingerprint density at radius 1 is 0.750 bits per heavy atom. The molecule has 1 heterocycles. The van der Waals surface area contributed by atoms with Crippen LogP contribution in [0.2, 0.25) is 0 Å². The number of nitrogens with zero attached hydrogens (tertiary/aromatic N) is 1. The summed E-state index contributed by atoms with van der Waals surface area (Å²) >= 11 is 0. The van der Waals surface area contributed by atoms with Gasteiger partial charge in [0.15, 0.2) is 0 Å². The summed E-state index contributed by atoms with van der Waals surface area (Å²) < 4.78 is 30.1. The minimum Gasteiger partial charge on any atom is -0.383 e. The van der Waals surface area contributed by atoms with Gasteiger partial charge in [-0.05, 0) is 71.0 Å². The number of hydrogen-bond acceptors (Lipinski definition) is 5. The second-order valence-corrected chi connectivity index (χ2v) is 13.9. The van der Waals surface area contributed by atoms with Crippen LogP contribution in [0.15, 0.2) is 132 Å². The summed E-state index contributed by atoms with van der Waals surface area (Å²) in [7, 11) is -3.99. The quantitative estimate of drug-likeness (QED) is 0.150. The van der Waals surface area contributed by atoms with E-state index < -0.39 is 16.1 Å². The van der Waals surface area contributed by atoms with Crippen LogP contribution >= 0.6 is 0 Å². The van der Waals surface area contributed by atoms with Crippen LogP contribution in [0.4, 0.5) is 5.69 Å². The summed E-state index contributed by atoms with van der Waals surface area (Å²) in [5.41, 5.74) is 3.75. The van der Waals surface area contributed by atoms with Gasteiger partial charge in [-0.25, -0.2) is 8.42 Å². The SMILES string of the molecule is O=C(Cc1ccccc1)NCc1ccc(NC[C@@H]2CCCN2C(=O)[C@@H](Cc2ccccc2)NS(=O)(=O)c2ccc3ccccc3c2)cc1. The van der Waals surface area contributed by atoms with E-state index in [2.05, 4.69) is 15.4 Å².